The van der Waals surface area contributed by atoms with Crippen LogP contribution in [-0.4, -0.2) is 166 Å². The summed E-state index contributed by atoms with van der Waals surface area (Å²) in [5, 5.41) is 40.5. The highest BCUT2D eigenvalue weighted by Crippen LogP contribution is 2.20. The Morgan fingerprint density at radius 1 is 0.518 bits per heavy atom. The standard InChI is InChI=1S/C57H76N14O14/c58-45(72)24-22-39(55(83)71-28-12-21-44(71)56(84)85)66-52(80)41(30-34-15-6-2-7-16-34)69-54(82)43(32-46(59)73)70-53(81)42(31-35-17-8-3-9-18-35)67-49(77)37(20-11-27-63-57(60)61)64-51(79)40(29-33-13-4-1-5-14-33)68-50(78)38(23-25-47(74)75)65-48(76)36-19-10-26-62-36/h1-9,13-18,36-44,62H,10-12,19-32H2,(H2,58,72)(H2,59,73)(H,64,79)(H,65,76)(H,66,80)(H,67,77)(H,68,78)(H,69,82)(H,70,81)(H,74,75)(H,84,85)(H4,60,61,63)/t36-,37-,38-,39-,40-,41-,42-,43-,44-/m0/s1. The number of carbonyl (C=O) groups excluding carboxylic acids is 10. The molecule has 0 spiro atoms. The van der Waals surface area contributed by atoms with Gasteiger partial charge in [0.05, 0.1) is 12.5 Å². The molecule has 10 amide bonds. The molecular formula is C57H76N14O14. The van der Waals surface area contributed by atoms with Crippen molar-refractivity contribution in [2.75, 3.05) is 19.6 Å². The number of nitrogens with zero attached hydrogens (tertiary/aromatic N) is 2. The van der Waals surface area contributed by atoms with Gasteiger partial charge in [-0.05, 0) is 74.6 Å². The number of hydrogen-bond donors (Lipinski definition) is 14. The van der Waals surface area contributed by atoms with Crippen molar-refractivity contribution < 1.29 is 67.7 Å². The minimum Gasteiger partial charge on any atom is -0.481 e. The second-order valence-electron chi connectivity index (χ2n) is 20.7. The molecule has 3 aromatic carbocycles. The van der Waals surface area contributed by atoms with Gasteiger partial charge >= 0.3 is 11.9 Å². The van der Waals surface area contributed by atoms with E-state index in [1.54, 1.807) is 91.0 Å². The summed E-state index contributed by atoms with van der Waals surface area (Å²) in [5.41, 5.74) is 23.7. The molecule has 2 fully saturated rings. The number of carboxylic acids is 2. The lowest BCUT2D eigenvalue weighted by Gasteiger charge is -2.29. The number of likely N-dealkylation sites (tertiary alicyclic amines) is 1. The molecule has 28 heteroatoms. The van der Waals surface area contributed by atoms with E-state index in [0.29, 0.717) is 42.5 Å². The number of hydrogen-bond acceptors (Lipinski definition) is 14. The van der Waals surface area contributed by atoms with Gasteiger partial charge in [0.2, 0.25) is 59.1 Å². The first-order valence-electron chi connectivity index (χ1n) is 27.9. The van der Waals surface area contributed by atoms with E-state index in [9.17, 15) is 67.7 Å². The molecule has 85 heavy (non-hydrogen) atoms. The zero-order chi connectivity index (χ0) is 62.0. The number of guanidine groups is 1. The summed E-state index contributed by atoms with van der Waals surface area (Å²) in [5.74, 6) is -11.9. The second-order valence-corrected chi connectivity index (χ2v) is 20.7. The monoisotopic (exact) mass is 1180 g/mol. The van der Waals surface area contributed by atoms with Crippen molar-refractivity contribution in [3.05, 3.63) is 108 Å². The quantitative estimate of drug-likeness (QED) is 0.0161. The molecule has 0 radical (unpaired) electrons. The molecule has 2 saturated heterocycles. The molecular weight excluding hydrogens is 1100 g/mol. The molecule has 2 heterocycles. The fourth-order valence-corrected chi connectivity index (χ4v) is 9.74. The number of aliphatic imine (C=N–C) groups is 1. The van der Waals surface area contributed by atoms with Crippen LogP contribution in [0.3, 0.4) is 0 Å². The van der Waals surface area contributed by atoms with E-state index in [-0.39, 0.29) is 76.8 Å². The van der Waals surface area contributed by atoms with Crippen LogP contribution in [0.25, 0.3) is 0 Å². The summed E-state index contributed by atoms with van der Waals surface area (Å²) >= 11 is 0. The number of rotatable bonds is 34. The number of benzene rings is 3. The average molecular weight is 1180 g/mol. The van der Waals surface area contributed by atoms with Crippen LogP contribution in [0.15, 0.2) is 96.0 Å². The maximum atomic E-state index is 14.7. The van der Waals surface area contributed by atoms with Crippen LogP contribution in [0, 0.1) is 0 Å². The van der Waals surface area contributed by atoms with Crippen LogP contribution >= 0.6 is 0 Å². The van der Waals surface area contributed by atoms with Gasteiger partial charge in [-0.2, -0.15) is 0 Å². The van der Waals surface area contributed by atoms with Gasteiger partial charge in [0.1, 0.15) is 48.3 Å². The van der Waals surface area contributed by atoms with Crippen LogP contribution in [-0.2, 0) is 76.8 Å². The summed E-state index contributed by atoms with van der Waals surface area (Å²) in [4.78, 5) is 167. The Balaban J connectivity index is 1.43. The Morgan fingerprint density at radius 3 is 1.39 bits per heavy atom. The number of primary amides is 2. The highest BCUT2D eigenvalue weighted by atomic mass is 16.4. The van der Waals surface area contributed by atoms with Gasteiger partial charge in [-0.3, -0.25) is 57.7 Å². The predicted molar refractivity (Wildman–Crippen MR) is 306 cm³/mol. The first kappa shape index (κ1) is 66.3. The van der Waals surface area contributed by atoms with E-state index in [1.807, 2.05) is 0 Å². The van der Waals surface area contributed by atoms with Crippen molar-refractivity contribution in [1.82, 2.24) is 47.4 Å². The molecule has 5 rings (SSSR count). The van der Waals surface area contributed by atoms with E-state index >= 15 is 0 Å². The zero-order valence-corrected chi connectivity index (χ0v) is 46.9. The molecule has 458 valence electrons. The van der Waals surface area contributed by atoms with Gasteiger partial charge < -0.3 is 80.6 Å². The highest BCUT2D eigenvalue weighted by molar-refractivity contribution is 5.99. The summed E-state index contributed by atoms with van der Waals surface area (Å²) in [6.45, 7) is 0.582. The lowest BCUT2D eigenvalue weighted by atomic mass is 10.0. The second kappa shape index (κ2) is 33.6. The molecule has 0 saturated carbocycles. The van der Waals surface area contributed by atoms with Gasteiger partial charge in [-0.1, -0.05) is 91.0 Å². The van der Waals surface area contributed by atoms with Crippen molar-refractivity contribution in [3.63, 3.8) is 0 Å². The molecule has 0 aliphatic carbocycles. The molecule has 9 atom stereocenters. The SMILES string of the molecule is NC(=O)CC[C@H](NC(=O)[C@H](Cc1ccccc1)NC(=O)[C@H](CC(N)=O)NC(=O)[C@H](Cc1ccccc1)NC(=O)[C@H](CCCN=C(N)N)NC(=O)[C@H](Cc1ccccc1)NC(=O)[C@H](CCC(=O)O)NC(=O)[C@@H]1CCCN1)C(=O)N1CCC[C@H]1C(=O)O. The third kappa shape index (κ3) is 22.3. The number of amides is 10. The van der Waals surface area contributed by atoms with Crippen LogP contribution < -0.4 is 65.5 Å². The molecule has 3 aromatic rings. The van der Waals surface area contributed by atoms with E-state index in [2.05, 4.69) is 47.5 Å². The molecule has 0 unspecified atom stereocenters. The van der Waals surface area contributed by atoms with Gasteiger partial charge in [-0.15, -0.1) is 0 Å². The average Bonchev–Trinajstić information content (AvgIpc) is 4.24. The number of nitrogens with two attached hydrogens (primary N) is 4. The van der Waals surface area contributed by atoms with Crippen LogP contribution in [0.5, 0.6) is 0 Å². The van der Waals surface area contributed by atoms with Crippen molar-refractivity contribution in [3.8, 4) is 0 Å². The summed E-state index contributed by atoms with van der Waals surface area (Å²) in [6.07, 6.45) is -1.45. The molecule has 28 nitrogen and oxygen atoms in total. The number of aliphatic carboxylic acids is 2. The maximum Gasteiger partial charge on any atom is 0.326 e. The van der Waals surface area contributed by atoms with Crippen molar-refractivity contribution in [2.24, 2.45) is 27.9 Å². The fourth-order valence-electron chi connectivity index (χ4n) is 9.74. The van der Waals surface area contributed by atoms with Crippen molar-refractivity contribution in [1.29, 1.82) is 0 Å². The molecule has 2 aliphatic heterocycles. The van der Waals surface area contributed by atoms with Crippen LogP contribution in [0.2, 0.25) is 0 Å². The van der Waals surface area contributed by atoms with E-state index < -0.39 is 138 Å². The van der Waals surface area contributed by atoms with E-state index in [4.69, 9.17) is 22.9 Å². The third-order valence-corrected chi connectivity index (χ3v) is 14.1. The molecule has 0 aromatic heterocycles. The third-order valence-electron chi connectivity index (χ3n) is 14.1. The first-order chi connectivity index (χ1) is 40.6. The Kier molecular flexibility index (Phi) is 26.2. The van der Waals surface area contributed by atoms with Crippen molar-refractivity contribution >= 4 is 77.0 Å². The van der Waals surface area contributed by atoms with Crippen LogP contribution in [0.4, 0.5) is 0 Å². The van der Waals surface area contributed by atoms with Gasteiger partial charge in [0, 0.05) is 45.2 Å². The topological polar surface area (TPSA) is 461 Å². The summed E-state index contributed by atoms with van der Waals surface area (Å²) in [6, 6.07) is 12.4. The molecule has 0 bridgehead atoms. The Morgan fingerprint density at radius 2 is 0.953 bits per heavy atom. The van der Waals surface area contributed by atoms with E-state index in [1.165, 1.54) is 0 Å². The number of nitrogens with one attached hydrogen (secondary N) is 8. The van der Waals surface area contributed by atoms with Gasteiger partial charge in [-0.25, -0.2) is 4.79 Å². The largest absolute Gasteiger partial charge is 0.481 e. The predicted octanol–water partition coefficient (Wildman–Crippen LogP) is -3.01. The normalized spacial score (nSPS) is 16.9. The van der Waals surface area contributed by atoms with Crippen molar-refractivity contribution in [2.45, 2.75) is 144 Å². The fraction of sp³-hybridized carbons (Fsp3) is 0.456. The Bertz CT molecular complexity index is 2850. The maximum absolute atomic E-state index is 14.7. The Hall–Kier alpha value is -9.47. The number of carboxylic acid groups (broad SMARTS) is 2. The zero-order valence-electron chi connectivity index (χ0n) is 46.9. The first-order valence-corrected chi connectivity index (χ1v) is 27.9. The van der Waals surface area contributed by atoms with E-state index in [0.717, 1.165) is 4.90 Å². The van der Waals surface area contributed by atoms with Gasteiger partial charge in [0.15, 0.2) is 5.96 Å². The molecule has 2 aliphatic rings. The minimum absolute atomic E-state index is 0.0257. The lowest BCUT2D eigenvalue weighted by molar-refractivity contribution is -0.149. The highest BCUT2D eigenvalue weighted by Gasteiger charge is 2.40. The minimum atomic E-state index is -1.82. The van der Waals surface area contributed by atoms with Gasteiger partial charge in [0.25, 0.3) is 0 Å². The summed E-state index contributed by atoms with van der Waals surface area (Å²) < 4.78 is 0. The smallest absolute Gasteiger partial charge is 0.326 e. The lowest BCUT2D eigenvalue weighted by Crippen LogP contribution is -2.61. The van der Waals surface area contributed by atoms with Crippen LogP contribution in [0.1, 0.15) is 87.3 Å². The molecule has 18 N–H and O–H groups in total. The number of carbonyl (C=O) groups is 12. The summed E-state index contributed by atoms with van der Waals surface area (Å²) in [7, 11) is 0. The Labute approximate surface area is 490 Å².